The maximum Gasteiger partial charge on any atom is 0.0794 e. The third kappa shape index (κ3) is 2.85. The Morgan fingerprint density at radius 3 is 2.19 bits per heavy atom. The van der Waals surface area contributed by atoms with E-state index in [9.17, 15) is 0 Å². The van der Waals surface area contributed by atoms with Crippen LogP contribution in [-0.2, 0) is 10.8 Å². The van der Waals surface area contributed by atoms with Gasteiger partial charge in [0.15, 0.2) is 0 Å². The molecule has 176 valence electrons. The average Bonchev–Trinajstić information content (AvgIpc) is 3.36. The molecule has 0 N–H and O–H groups in total. The second-order valence-electron chi connectivity index (χ2n) is 11.6. The summed E-state index contributed by atoms with van der Waals surface area (Å²) in [5.74, 6) is 0. The second-order valence-corrected chi connectivity index (χ2v) is 12.7. The number of aromatic nitrogens is 1. The predicted octanol–water partition coefficient (Wildman–Crippen LogP) is 9.87. The van der Waals surface area contributed by atoms with Gasteiger partial charge in [-0.1, -0.05) is 107 Å². The second kappa shape index (κ2) is 7.27. The lowest BCUT2D eigenvalue weighted by Crippen LogP contribution is -2.15. The molecule has 0 radical (unpaired) electrons. The van der Waals surface area contributed by atoms with Crippen LogP contribution >= 0.6 is 11.3 Å². The molecule has 0 fully saturated rings. The van der Waals surface area contributed by atoms with Crippen LogP contribution in [0.15, 0.2) is 84.9 Å². The van der Waals surface area contributed by atoms with Crippen molar-refractivity contribution < 1.29 is 0 Å². The van der Waals surface area contributed by atoms with Gasteiger partial charge in [-0.2, -0.15) is 0 Å². The van der Waals surface area contributed by atoms with Crippen LogP contribution in [0.4, 0.5) is 0 Å². The molecule has 1 aliphatic carbocycles. The van der Waals surface area contributed by atoms with Crippen molar-refractivity contribution in [3.05, 3.63) is 102 Å². The van der Waals surface area contributed by atoms with Gasteiger partial charge >= 0.3 is 0 Å². The zero-order valence-corrected chi connectivity index (χ0v) is 22.3. The van der Waals surface area contributed by atoms with Crippen molar-refractivity contribution in [2.45, 2.75) is 45.4 Å². The maximum absolute atomic E-state index is 5.40. The number of benzene rings is 4. The minimum atomic E-state index is -0.0493. The lowest BCUT2D eigenvalue weighted by molar-refractivity contribution is 0.596. The fourth-order valence-electron chi connectivity index (χ4n) is 6.33. The Morgan fingerprint density at radius 1 is 0.722 bits per heavy atom. The summed E-state index contributed by atoms with van der Waals surface area (Å²) < 4.78 is 1.36. The molecule has 2 heterocycles. The van der Waals surface area contributed by atoms with Gasteiger partial charge in [-0.3, -0.25) is 0 Å². The van der Waals surface area contributed by atoms with Crippen molar-refractivity contribution in [2.24, 2.45) is 0 Å². The van der Waals surface area contributed by atoms with Crippen molar-refractivity contribution in [2.75, 3.05) is 0 Å². The number of fused-ring (bicyclic) bond motifs is 8. The van der Waals surface area contributed by atoms with E-state index < -0.39 is 0 Å². The van der Waals surface area contributed by atoms with E-state index in [-0.39, 0.29) is 10.8 Å². The Kier molecular flexibility index (Phi) is 4.40. The van der Waals surface area contributed by atoms with Gasteiger partial charge in [0.05, 0.1) is 11.2 Å². The van der Waals surface area contributed by atoms with Crippen molar-refractivity contribution in [3.63, 3.8) is 0 Å². The van der Waals surface area contributed by atoms with Gasteiger partial charge in [0, 0.05) is 36.9 Å². The molecular formula is C34H29NS. The van der Waals surface area contributed by atoms with Crippen LogP contribution < -0.4 is 0 Å². The van der Waals surface area contributed by atoms with Crippen LogP contribution in [0.1, 0.15) is 51.3 Å². The van der Waals surface area contributed by atoms with Crippen molar-refractivity contribution >= 4 is 43.1 Å². The van der Waals surface area contributed by atoms with Gasteiger partial charge in [-0.15, -0.1) is 11.3 Å². The molecule has 0 bridgehead atoms. The Bertz CT molecular complexity index is 1850. The van der Waals surface area contributed by atoms with E-state index in [1.807, 2.05) is 11.3 Å². The predicted molar refractivity (Wildman–Crippen MR) is 156 cm³/mol. The third-order valence-electron chi connectivity index (χ3n) is 7.97. The van der Waals surface area contributed by atoms with E-state index in [4.69, 9.17) is 4.98 Å². The SMILES string of the molecule is CC(C)(C)c1cccc2nc(-c3cccc4c3-c3sc5ccccc5c3C4(C)C)c3ccccc3c12. The number of nitrogens with zero attached hydrogens (tertiary/aromatic N) is 1. The molecule has 1 nitrogen and oxygen atoms in total. The summed E-state index contributed by atoms with van der Waals surface area (Å²) in [4.78, 5) is 6.81. The number of thiophene rings is 1. The summed E-state index contributed by atoms with van der Waals surface area (Å²) in [5.41, 5.74) is 8.97. The zero-order chi connectivity index (χ0) is 24.8. The Hall–Kier alpha value is -3.49. The summed E-state index contributed by atoms with van der Waals surface area (Å²) in [6, 6.07) is 31.1. The smallest absolute Gasteiger partial charge is 0.0794 e. The Morgan fingerprint density at radius 2 is 1.42 bits per heavy atom. The van der Waals surface area contributed by atoms with E-state index in [2.05, 4.69) is 120 Å². The minimum absolute atomic E-state index is 0.0372. The lowest BCUT2D eigenvalue weighted by atomic mass is 9.80. The molecule has 0 atom stereocenters. The molecule has 6 aromatic rings. The van der Waals surface area contributed by atoms with Gasteiger partial charge in [0.2, 0.25) is 0 Å². The molecule has 0 saturated heterocycles. The fourth-order valence-corrected chi connectivity index (χ4v) is 7.76. The van der Waals surface area contributed by atoms with Crippen LogP contribution in [0.2, 0.25) is 0 Å². The zero-order valence-electron chi connectivity index (χ0n) is 21.4. The Labute approximate surface area is 216 Å². The standard InChI is InChI=1S/C34H29NS/c1-33(2,3)24-16-11-18-26-28(24)20-12-6-7-13-21(20)31(35-26)23-15-10-17-25-29(23)32-30(34(25,4)5)22-14-8-9-19-27(22)36-32/h6-19H,1-5H3. The molecule has 2 aromatic heterocycles. The monoisotopic (exact) mass is 483 g/mol. The first-order chi connectivity index (χ1) is 17.3. The molecule has 0 spiro atoms. The molecule has 0 aliphatic heterocycles. The van der Waals surface area contributed by atoms with Gasteiger partial charge in [-0.25, -0.2) is 4.98 Å². The van der Waals surface area contributed by atoms with Gasteiger partial charge in [0.25, 0.3) is 0 Å². The molecular weight excluding hydrogens is 454 g/mol. The highest BCUT2D eigenvalue weighted by Crippen LogP contribution is 2.58. The highest BCUT2D eigenvalue weighted by molar-refractivity contribution is 7.22. The van der Waals surface area contributed by atoms with Crippen molar-refractivity contribution in [1.29, 1.82) is 0 Å². The maximum atomic E-state index is 5.40. The first kappa shape index (κ1) is 21.8. The number of rotatable bonds is 1. The minimum Gasteiger partial charge on any atom is -0.247 e. The molecule has 2 heteroatoms. The Balaban J connectivity index is 1.61. The molecule has 4 aromatic carbocycles. The number of pyridine rings is 1. The average molecular weight is 484 g/mol. The first-order valence-corrected chi connectivity index (χ1v) is 13.6. The van der Waals surface area contributed by atoms with Crippen molar-refractivity contribution in [3.8, 4) is 21.7 Å². The molecule has 0 amide bonds. The van der Waals surface area contributed by atoms with Gasteiger partial charge < -0.3 is 0 Å². The largest absolute Gasteiger partial charge is 0.247 e. The molecule has 7 rings (SSSR count). The number of hydrogen-bond acceptors (Lipinski definition) is 2. The molecule has 0 saturated carbocycles. The molecule has 1 aliphatic rings. The van der Waals surface area contributed by atoms with E-state index >= 15 is 0 Å². The highest BCUT2D eigenvalue weighted by Gasteiger charge is 2.40. The lowest BCUT2D eigenvalue weighted by Gasteiger charge is -2.24. The molecule has 0 unspecified atom stereocenters. The van der Waals surface area contributed by atoms with E-state index in [0.717, 1.165) is 11.2 Å². The van der Waals surface area contributed by atoms with Crippen LogP contribution in [0.25, 0.3) is 53.5 Å². The van der Waals surface area contributed by atoms with Crippen LogP contribution in [0.5, 0.6) is 0 Å². The van der Waals surface area contributed by atoms with Gasteiger partial charge in [-0.05, 0) is 45.0 Å². The van der Waals surface area contributed by atoms with Crippen LogP contribution in [0, 0.1) is 0 Å². The topological polar surface area (TPSA) is 12.9 Å². The third-order valence-corrected chi connectivity index (χ3v) is 9.16. The summed E-state index contributed by atoms with van der Waals surface area (Å²) in [7, 11) is 0. The summed E-state index contributed by atoms with van der Waals surface area (Å²) in [5, 5.41) is 5.17. The van der Waals surface area contributed by atoms with Crippen molar-refractivity contribution in [1.82, 2.24) is 4.98 Å². The summed E-state index contributed by atoms with van der Waals surface area (Å²) in [6.45, 7) is 11.6. The van der Waals surface area contributed by atoms with E-state index in [1.54, 1.807) is 0 Å². The first-order valence-electron chi connectivity index (χ1n) is 12.7. The van der Waals surface area contributed by atoms with Gasteiger partial charge in [0.1, 0.15) is 0 Å². The summed E-state index contributed by atoms with van der Waals surface area (Å²) in [6.07, 6.45) is 0. The van der Waals surface area contributed by atoms with E-state index in [0.29, 0.717) is 0 Å². The van der Waals surface area contributed by atoms with Crippen LogP contribution in [0.3, 0.4) is 0 Å². The van der Waals surface area contributed by atoms with E-state index in [1.165, 1.54) is 58.9 Å². The van der Waals surface area contributed by atoms with Crippen LogP contribution in [-0.4, -0.2) is 4.98 Å². The normalized spacial score (nSPS) is 14.5. The summed E-state index contributed by atoms with van der Waals surface area (Å²) >= 11 is 1.93. The number of hydrogen-bond donors (Lipinski definition) is 0. The quantitative estimate of drug-likeness (QED) is 0.212. The molecule has 36 heavy (non-hydrogen) atoms. The fraction of sp³-hybridized carbons (Fsp3) is 0.206. The highest BCUT2D eigenvalue weighted by atomic mass is 32.1.